The first-order chi connectivity index (χ1) is 11.7. The highest BCUT2D eigenvalue weighted by Gasteiger charge is 2.03. The van der Waals surface area contributed by atoms with Crippen molar-refractivity contribution >= 4 is 44.8 Å². The van der Waals surface area contributed by atoms with Crippen molar-refractivity contribution in [3.05, 3.63) is 77.4 Å². The van der Waals surface area contributed by atoms with Crippen LogP contribution in [0.3, 0.4) is 0 Å². The number of carbonyl (C=O) groups excluding carboxylic acids is 1. The number of pyridine rings is 1. The second-order valence-corrected chi connectivity index (χ2v) is 5.92. The molecule has 0 radical (unpaired) electrons. The van der Waals surface area contributed by atoms with Gasteiger partial charge in [0.15, 0.2) is 0 Å². The van der Waals surface area contributed by atoms with Crippen LogP contribution >= 0.6 is 15.9 Å². The van der Waals surface area contributed by atoms with Crippen molar-refractivity contribution in [3.8, 4) is 0 Å². The molecule has 6 heteroatoms. The maximum absolute atomic E-state index is 11.9. The molecule has 0 aliphatic rings. The Morgan fingerprint density at radius 1 is 0.792 bits per heavy atom. The van der Waals surface area contributed by atoms with Crippen LogP contribution in [0.5, 0.6) is 0 Å². The summed E-state index contributed by atoms with van der Waals surface area (Å²) in [5, 5.41) is 8.69. The van der Waals surface area contributed by atoms with E-state index in [1.165, 1.54) is 0 Å². The zero-order chi connectivity index (χ0) is 16.8. The normalized spacial score (nSPS) is 10.0. The molecular weight excluding hydrogens is 368 g/mol. The summed E-state index contributed by atoms with van der Waals surface area (Å²) in [6.07, 6.45) is 1.60. The molecule has 0 aliphatic heterocycles. The lowest BCUT2D eigenvalue weighted by Gasteiger charge is -2.09. The maximum Gasteiger partial charge on any atom is 0.323 e. The van der Waals surface area contributed by atoms with E-state index in [9.17, 15) is 4.79 Å². The van der Waals surface area contributed by atoms with Gasteiger partial charge in [-0.2, -0.15) is 0 Å². The summed E-state index contributed by atoms with van der Waals surface area (Å²) in [5.74, 6) is 0.700. The topological polar surface area (TPSA) is 66.1 Å². The van der Waals surface area contributed by atoms with Gasteiger partial charge < -0.3 is 16.0 Å². The number of urea groups is 1. The van der Waals surface area contributed by atoms with Crippen LogP contribution in [0.4, 0.5) is 27.7 Å². The Morgan fingerprint density at radius 2 is 1.46 bits per heavy atom. The van der Waals surface area contributed by atoms with Crippen molar-refractivity contribution in [3.63, 3.8) is 0 Å². The van der Waals surface area contributed by atoms with Gasteiger partial charge in [0.05, 0.1) is 11.9 Å². The number of carbonyl (C=O) groups is 1. The first-order valence-corrected chi connectivity index (χ1v) is 8.10. The maximum atomic E-state index is 11.9. The molecule has 0 unspecified atom stereocenters. The molecule has 0 atom stereocenters. The van der Waals surface area contributed by atoms with Crippen molar-refractivity contribution < 1.29 is 4.79 Å². The third kappa shape index (κ3) is 4.57. The van der Waals surface area contributed by atoms with Crippen LogP contribution in [-0.4, -0.2) is 11.0 Å². The summed E-state index contributed by atoms with van der Waals surface area (Å²) in [6.45, 7) is 0. The fourth-order valence-corrected chi connectivity index (χ4v) is 2.30. The molecule has 5 nitrogen and oxygen atoms in total. The molecule has 1 heterocycles. The standard InChI is InChI=1S/C18H15BrN4O/c19-13-6-8-15(9-7-13)21-17-11-10-16(12-20-17)23-18(24)22-14-4-2-1-3-5-14/h1-12H,(H,20,21)(H2,22,23,24). The lowest BCUT2D eigenvalue weighted by molar-refractivity contribution is 0.262. The molecular formula is C18H15BrN4O. The molecule has 2 aromatic carbocycles. The third-order valence-corrected chi connectivity index (χ3v) is 3.70. The number of nitrogens with one attached hydrogen (secondary N) is 3. The van der Waals surface area contributed by atoms with E-state index >= 15 is 0 Å². The Bertz CT molecular complexity index is 805. The minimum atomic E-state index is -0.309. The Morgan fingerprint density at radius 3 is 2.12 bits per heavy atom. The molecule has 3 N–H and O–H groups in total. The molecule has 2 amide bonds. The van der Waals surface area contributed by atoms with Gasteiger partial charge in [0.1, 0.15) is 5.82 Å². The van der Waals surface area contributed by atoms with Crippen LogP contribution in [0.2, 0.25) is 0 Å². The zero-order valence-corrected chi connectivity index (χ0v) is 14.2. The second-order valence-electron chi connectivity index (χ2n) is 5.01. The number of amides is 2. The highest BCUT2D eigenvalue weighted by molar-refractivity contribution is 9.10. The number of nitrogens with zero attached hydrogens (tertiary/aromatic N) is 1. The Labute approximate surface area is 148 Å². The highest BCUT2D eigenvalue weighted by atomic mass is 79.9. The molecule has 3 rings (SSSR count). The van der Waals surface area contributed by atoms with Gasteiger partial charge in [-0.15, -0.1) is 0 Å². The van der Waals surface area contributed by atoms with Gasteiger partial charge in [-0.3, -0.25) is 0 Å². The van der Waals surface area contributed by atoms with Crippen LogP contribution in [-0.2, 0) is 0 Å². The largest absolute Gasteiger partial charge is 0.340 e. The van der Waals surface area contributed by atoms with E-state index in [1.54, 1.807) is 18.3 Å². The molecule has 1 aromatic heterocycles. The number of anilines is 4. The van der Waals surface area contributed by atoms with E-state index in [-0.39, 0.29) is 6.03 Å². The highest BCUT2D eigenvalue weighted by Crippen LogP contribution is 2.19. The average molecular weight is 383 g/mol. The van der Waals surface area contributed by atoms with Gasteiger partial charge in [-0.05, 0) is 48.5 Å². The number of benzene rings is 2. The summed E-state index contributed by atoms with van der Waals surface area (Å²) in [7, 11) is 0. The van der Waals surface area contributed by atoms with Crippen LogP contribution in [0.1, 0.15) is 0 Å². The van der Waals surface area contributed by atoms with Gasteiger partial charge >= 0.3 is 6.03 Å². The number of hydrogen-bond donors (Lipinski definition) is 3. The lowest BCUT2D eigenvalue weighted by atomic mass is 10.3. The average Bonchev–Trinajstić information content (AvgIpc) is 2.59. The quantitative estimate of drug-likeness (QED) is 0.578. The third-order valence-electron chi connectivity index (χ3n) is 3.17. The van der Waals surface area contributed by atoms with Crippen molar-refractivity contribution in [2.75, 3.05) is 16.0 Å². The Kier molecular flexibility index (Phi) is 5.08. The first kappa shape index (κ1) is 16.0. The first-order valence-electron chi connectivity index (χ1n) is 7.31. The number of aromatic nitrogens is 1. The number of halogens is 1. The Balaban J connectivity index is 1.58. The van der Waals surface area contributed by atoms with E-state index in [1.807, 2.05) is 54.6 Å². The molecule has 120 valence electrons. The molecule has 0 saturated carbocycles. The SMILES string of the molecule is O=C(Nc1ccccc1)Nc1ccc(Nc2ccc(Br)cc2)nc1. The predicted octanol–water partition coefficient (Wildman–Crippen LogP) is 5.23. The Hall–Kier alpha value is -2.86. The predicted molar refractivity (Wildman–Crippen MR) is 101 cm³/mol. The van der Waals surface area contributed by atoms with Crippen LogP contribution in [0.15, 0.2) is 77.4 Å². The van der Waals surface area contributed by atoms with Crippen LogP contribution in [0, 0.1) is 0 Å². The van der Waals surface area contributed by atoms with Crippen molar-refractivity contribution in [1.82, 2.24) is 4.98 Å². The van der Waals surface area contributed by atoms with Gasteiger partial charge in [0.2, 0.25) is 0 Å². The number of hydrogen-bond acceptors (Lipinski definition) is 3. The fourth-order valence-electron chi connectivity index (χ4n) is 2.04. The summed E-state index contributed by atoms with van der Waals surface area (Å²) in [4.78, 5) is 16.2. The van der Waals surface area contributed by atoms with E-state index in [4.69, 9.17) is 0 Å². The van der Waals surface area contributed by atoms with Crippen molar-refractivity contribution in [2.45, 2.75) is 0 Å². The van der Waals surface area contributed by atoms with Gasteiger partial charge in [-0.1, -0.05) is 34.1 Å². The minimum Gasteiger partial charge on any atom is -0.340 e. The summed E-state index contributed by atoms with van der Waals surface area (Å²) < 4.78 is 1.02. The summed E-state index contributed by atoms with van der Waals surface area (Å²) in [5.41, 5.74) is 2.29. The summed E-state index contributed by atoms with van der Waals surface area (Å²) >= 11 is 3.40. The minimum absolute atomic E-state index is 0.309. The molecule has 0 spiro atoms. The number of para-hydroxylation sites is 1. The molecule has 0 aliphatic carbocycles. The van der Waals surface area contributed by atoms with Crippen LogP contribution in [0.25, 0.3) is 0 Å². The molecule has 0 bridgehead atoms. The fraction of sp³-hybridized carbons (Fsp3) is 0. The van der Waals surface area contributed by atoms with Crippen LogP contribution < -0.4 is 16.0 Å². The van der Waals surface area contributed by atoms with E-state index in [2.05, 4.69) is 36.9 Å². The zero-order valence-electron chi connectivity index (χ0n) is 12.7. The van der Waals surface area contributed by atoms with Crippen molar-refractivity contribution in [1.29, 1.82) is 0 Å². The molecule has 3 aromatic rings. The van der Waals surface area contributed by atoms with Gasteiger partial charge in [0, 0.05) is 15.8 Å². The van der Waals surface area contributed by atoms with Gasteiger partial charge in [-0.25, -0.2) is 9.78 Å². The molecule has 24 heavy (non-hydrogen) atoms. The van der Waals surface area contributed by atoms with E-state index in [0.29, 0.717) is 11.5 Å². The molecule has 0 saturated heterocycles. The smallest absolute Gasteiger partial charge is 0.323 e. The van der Waals surface area contributed by atoms with E-state index < -0.39 is 0 Å². The molecule has 0 fully saturated rings. The van der Waals surface area contributed by atoms with Gasteiger partial charge in [0.25, 0.3) is 0 Å². The lowest BCUT2D eigenvalue weighted by Crippen LogP contribution is -2.19. The monoisotopic (exact) mass is 382 g/mol. The van der Waals surface area contributed by atoms with Crippen molar-refractivity contribution in [2.24, 2.45) is 0 Å². The second kappa shape index (κ2) is 7.61. The number of rotatable bonds is 4. The van der Waals surface area contributed by atoms with E-state index in [0.717, 1.165) is 15.8 Å². The summed E-state index contributed by atoms with van der Waals surface area (Å²) in [6, 6.07) is 20.3.